The van der Waals surface area contributed by atoms with E-state index in [4.69, 9.17) is 19.8 Å². The number of nitrogens with one attached hydrogen (secondary N) is 1. The number of carbonyl (C=O) groups excluding carboxylic acids is 2. The SMILES string of the molecule is CCCC(C(=O)NC=O)c1nn(C)c2cc(C3CCN(CC4CCN(CC5(COc6nc(N7CCC[C@H](C)C7)c7cnc(-c8cc(O)cc9ccc(F)c(CC)c89)c(F)c7n6)CC5)CC4)CC3)ccc12. The van der Waals surface area contributed by atoms with Gasteiger partial charge in [0.2, 0.25) is 12.3 Å². The Labute approximate surface area is 409 Å². The summed E-state index contributed by atoms with van der Waals surface area (Å²) in [5, 5.41) is 20.5. The highest BCUT2D eigenvalue weighted by Crippen LogP contribution is 2.47. The fourth-order valence-electron chi connectivity index (χ4n) is 11.9. The van der Waals surface area contributed by atoms with Crippen LogP contribution in [0.1, 0.15) is 114 Å². The molecule has 4 fully saturated rings. The molecule has 3 aromatic carbocycles. The Hall–Kier alpha value is -5.80. The van der Waals surface area contributed by atoms with Crippen LogP contribution in [-0.4, -0.2) is 111 Å². The van der Waals surface area contributed by atoms with E-state index in [1.54, 1.807) is 18.3 Å². The molecule has 1 aliphatic carbocycles. The number of likely N-dealkylation sites (tertiary alicyclic amines) is 2. The maximum atomic E-state index is 17.1. The maximum absolute atomic E-state index is 17.1. The Morgan fingerprint density at radius 2 is 1.76 bits per heavy atom. The standard InChI is InChI=1S/C55H67F2N9O4/c1-5-8-42(53(69)59-33-67)49-41-12-10-37(26-46(41)63(4)62-49)36-16-23-64(24-17-36)30-35-14-21-65(22-15-35)31-55(18-19-55)32-70-54-60-51-44(52(61-54)66-20-7-9-34(3)29-66)28-58-50(48(51)57)43-27-39(68)25-38-11-13-45(56)40(6-2)47(38)43/h10-13,25-28,33-36,42,68H,5-9,14-24,29-32H2,1-4H3,(H,59,67,69)/t34-,42?/m0/s1. The lowest BCUT2D eigenvalue weighted by Gasteiger charge is -2.38. The van der Waals surface area contributed by atoms with Gasteiger partial charge in [-0.2, -0.15) is 15.1 Å². The number of hydrogen-bond donors (Lipinski definition) is 2. The first kappa shape index (κ1) is 47.9. The summed E-state index contributed by atoms with van der Waals surface area (Å²) in [4.78, 5) is 45.6. The van der Waals surface area contributed by atoms with Crippen LogP contribution < -0.4 is 15.0 Å². The number of piperidine rings is 3. The zero-order chi connectivity index (χ0) is 48.7. The number of nitrogens with zero attached hydrogens (tertiary/aromatic N) is 8. The summed E-state index contributed by atoms with van der Waals surface area (Å²) >= 11 is 0. The van der Waals surface area contributed by atoms with Gasteiger partial charge < -0.3 is 24.5 Å². The van der Waals surface area contributed by atoms with E-state index in [1.165, 1.54) is 30.5 Å². The molecule has 3 aliphatic heterocycles. The van der Waals surface area contributed by atoms with Crippen LogP contribution in [0.15, 0.2) is 48.7 Å². The fraction of sp³-hybridized carbons (Fsp3) is 0.527. The summed E-state index contributed by atoms with van der Waals surface area (Å²) in [6, 6.07) is 12.8. The van der Waals surface area contributed by atoms with E-state index in [1.807, 2.05) is 25.6 Å². The van der Waals surface area contributed by atoms with E-state index in [0.717, 1.165) is 114 Å². The van der Waals surface area contributed by atoms with Crippen molar-refractivity contribution in [2.75, 3.05) is 63.9 Å². The zero-order valence-electron chi connectivity index (χ0n) is 41.2. The van der Waals surface area contributed by atoms with Gasteiger partial charge in [-0.05, 0) is 154 Å². The average Bonchev–Trinajstić information content (AvgIpc) is 4.06. The lowest BCUT2D eigenvalue weighted by molar-refractivity contribution is -0.126. The lowest BCUT2D eigenvalue weighted by Crippen LogP contribution is -2.43. The van der Waals surface area contributed by atoms with Crippen molar-refractivity contribution in [1.29, 1.82) is 0 Å². The van der Waals surface area contributed by atoms with Crippen LogP contribution >= 0.6 is 0 Å². The highest BCUT2D eigenvalue weighted by atomic mass is 19.1. The number of aryl methyl sites for hydroxylation is 2. The van der Waals surface area contributed by atoms with Gasteiger partial charge in [0, 0.05) is 55.8 Å². The second kappa shape index (κ2) is 20.1. The molecular formula is C55H67F2N9O4. The first-order chi connectivity index (χ1) is 33.9. The predicted octanol–water partition coefficient (Wildman–Crippen LogP) is 9.42. The van der Waals surface area contributed by atoms with Crippen molar-refractivity contribution in [3.63, 3.8) is 0 Å². The number of phenolic OH excluding ortho intramolecular Hbond substituents is 1. The van der Waals surface area contributed by atoms with Crippen molar-refractivity contribution >= 4 is 50.7 Å². The van der Waals surface area contributed by atoms with E-state index in [9.17, 15) is 14.7 Å². The summed E-state index contributed by atoms with van der Waals surface area (Å²) in [6.07, 6.45) is 12.7. The fourth-order valence-corrected chi connectivity index (χ4v) is 11.9. The van der Waals surface area contributed by atoms with Gasteiger partial charge in [-0.15, -0.1) is 0 Å². The number of phenols is 1. The molecule has 1 saturated carbocycles. The van der Waals surface area contributed by atoms with Crippen molar-refractivity contribution in [3.8, 4) is 23.0 Å². The number of ether oxygens (including phenoxy) is 1. The van der Waals surface area contributed by atoms with Gasteiger partial charge in [0.15, 0.2) is 5.82 Å². The summed E-state index contributed by atoms with van der Waals surface area (Å²) in [6.45, 7) is 14.5. The molecule has 13 nitrogen and oxygen atoms in total. The number of fused-ring (bicyclic) bond motifs is 3. The third kappa shape index (κ3) is 9.67. The summed E-state index contributed by atoms with van der Waals surface area (Å²) in [5.74, 6) is 0.346. The minimum atomic E-state index is -0.650. The highest BCUT2D eigenvalue weighted by Gasteiger charge is 2.45. The van der Waals surface area contributed by atoms with Crippen molar-refractivity contribution in [3.05, 3.63) is 77.1 Å². The molecule has 2 N–H and O–H groups in total. The molecule has 15 heteroatoms. The third-order valence-electron chi connectivity index (χ3n) is 16.0. The zero-order valence-corrected chi connectivity index (χ0v) is 41.2. The van der Waals surface area contributed by atoms with Crippen LogP contribution in [0.2, 0.25) is 0 Å². The van der Waals surface area contributed by atoms with Gasteiger partial charge in [0.1, 0.15) is 28.6 Å². The third-order valence-corrected chi connectivity index (χ3v) is 16.0. The second-order valence-electron chi connectivity index (χ2n) is 21.0. The molecule has 6 heterocycles. The molecule has 2 amide bonds. The molecule has 4 aliphatic rings. The van der Waals surface area contributed by atoms with Crippen molar-refractivity contribution in [2.24, 2.45) is 24.3 Å². The minimum Gasteiger partial charge on any atom is -0.508 e. The molecular weight excluding hydrogens is 889 g/mol. The molecule has 3 aromatic heterocycles. The monoisotopic (exact) mass is 956 g/mol. The number of aromatic hydroxyl groups is 1. The molecule has 3 saturated heterocycles. The quantitative estimate of drug-likeness (QED) is 0.0897. The van der Waals surface area contributed by atoms with Gasteiger partial charge in [-0.3, -0.25) is 24.6 Å². The molecule has 0 radical (unpaired) electrons. The Morgan fingerprint density at radius 1 is 0.971 bits per heavy atom. The number of amides is 2. The summed E-state index contributed by atoms with van der Waals surface area (Å²) in [7, 11) is 1.93. The lowest BCUT2D eigenvalue weighted by atomic mass is 9.87. The Bertz CT molecular complexity index is 2910. The molecule has 2 atom stereocenters. The Kier molecular flexibility index (Phi) is 13.8. The first-order valence-corrected chi connectivity index (χ1v) is 25.8. The highest BCUT2D eigenvalue weighted by molar-refractivity contribution is 6.02. The van der Waals surface area contributed by atoms with Gasteiger partial charge >= 0.3 is 6.01 Å². The molecule has 370 valence electrons. The minimum absolute atomic E-state index is 0.000417. The van der Waals surface area contributed by atoms with Gasteiger partial charge in [0.05, 0.1) is 29.1 Å². The van der Waals surface area contributed by atoms with Gasteiger partial charge in [-0.1, -0.05) is 45.4 Å². The molecule has 1 unspecified atom stereocenters. The van der Waals surface area contributed by atoms with Crippen LogP contribution in [0.3, 0.4) is 0 Å². The van der Waals surface area contributed by atoms with E-state index < -0.39 is 11.7 Å². The van der Waals surface area contributed by atoms with E-state index in [-0.39, 0.29) is 40.1 Å². The Morgan fingerprint density at radius 3 is 2.49 bits per heavy atom. The average molecular weight is 956 g/mol. The topological polar surface area (TPSA) is 142 Å². The number of anilines is 1. The molecule has 70 heavy (non-hydrogen) atoms. The van der Waals surface area contributed by atoms with Crippen LogP contribution in [-0.2, 0) is 23.1 Å². The second-order valence-corrected chi connectivity index (χ2v) is 21.0. The molecule has 0 spiro atoms. The molecule has 6 aromatic rings. The predicted molar refractivity (Wildman–Crippen MR) is 269 cm³/mol. The number of halogens is 2. The number of hydrogen-bond acceptors (Lipinski definition) is 11. The van der Waals surface area contributed by atoms with E-state index in [2.05, 4.69) is 50.1 Å². The number of imide groups is 1. The Balaban J connectivity index is 0.773. The van der Waals surface area contributed by atoms with Crippen molar-refractivity contribution in [2.45, 2.75) is 103 Å². The van der Waals surface area contributed by atoms with E-state index >= 15 is 8.78 Å². The summed E-state index contributed by atoms with van der Waals surface area (Å²) in [5.41, 5.74) is 3.94. The molecule has 0 bridgehead atoms. The number of aromatic nitrogens is 5. The van der Waals surface area contributed by atoms with E-state index in [0.29, 0.717) is 76.7 Å². The number of rotatable bonds is 16. The van der Waals surface area contributed by atoms with Crippen molar-refractivity contribution in [1.82, 2.24) is 39.8 Å². The summed E-state index contributed by atoms with van der Waals surface area (Å²) < 4.78 is 40.7. The van der Waals surface area contributed by atoms with Crippen LogP contribution in [0.4, 0.5) is 14.6 Å². The number of carbonyl (C=O) groups is 2. The smallest absolute Gasteiger partial charge is 0.319 e. The van der Waals surface area contributed by atoms with Gasteiger partial charge in [0.25, 0.3) is 0 Å². The largest absolute Gasteiger partial charge is 0.508 e. The van der Waals surface area contributed by atoms with Crippen LogP contribution in [0, 0.1) is 28.9 Å². The molecule has 10 rings (SSSR count). The normalized spacial score (nSPS) is 19.8. The first-order valence-electron chi connectivity index (χ1n) is 25.8. The van der Waals surface area contributed by atoms with Crippen LogP contribution in [0.5, 0.6) is 11.8 Å². The van der Waals surface area contributed by atoms with Gasteiger partial charge in [-0.25, -0.2) is 8.78 Å². The number of benzene rings is 3. The van der Waals surface area contributed by atoms with Crippen molar-refractivity contribution < 1.29 is 28.2 Å². The maximum Gasteiger partial charge on any atom is 0.319 e. The number of pyridine rings is 1. The van der Waals surface area contributed by atoms with Crippen LogP contribution in [0.25, 0.3) is 43.8 Å².